The van der Waals surface area contributed by atoms with Gasteiger partial charge in [0.05, 0.1) is 0 Å². The summed E-state index contributed by atoms with van der Waals surface area (Å²) >= 11 is 0. The molecule has 0 aromatic heterocycles. The molecular weight excluding hydrogens is 144 g/mol. The summed E-state index contributed by atoms with van der Waals surface area (Å²) in [6.07, 6.45) is 15.7. The average Bonchev–Trinajstić information content (AvgIpc) is 2.25. The average molecular weight is 164 g/mol. The van der Waals surface area contributed by atoms with Gasteiger partial charge < -0.3 is 0 Å². The Balaban J connectivity index is 2.05. The Morgan fingerprint density at radius 2 is 1.83 bits per heavy atom. The predicted molar refractivity (Wildman–Crippen MR) is 53.1 cm³/mol. The van der Waals surface area contributed by atoms with Gasteiger partial charge >= 0.3 is 0 Å². The van der Waals surface area contributed by atoms with Crippen LogP contribution in [0.5, 0.6) is 0 Å². The lowest BCUT2D eigenvalue weighted by Gasteiger charge is -2.17. The van der Waals surface area contributed by atoms with Crippen molar-refractivity contribution in [2.75, 3.05) is 0 Å². The fourth-order valence-corrected chi connectivity index (χ4v) is 2.68. The van der Waals surface area contributed by atoms with Crippen molar-refractivity contribution >= 4 is 0 Å². The lowest BCUT2D eigenvalue weighted by atomic mass is 9.89. The second-order valence-corrected chi connectivity index (χ2v) is 4.46. The first-order valence-corrected chi connectivity index (χ1v) is 5.63. The van der Waals surface area contributed by atoms with Gasteiger partial charge in [0.2, 0.25) is 0 Å². The van der Waals surface area contributed by atoms with Crippen LogP contribution >= 0.6 is 0 Å². The summed E-state index contributed by atoms with van der Waals surface area (Å²) in [5.41, 5.74) is 1.79. The Kier molecular flexibility index (Phi) is 2.86. The smallest absolute Gasteiger partial charge is 0.0292 e. The first-order chi connectivity index (χ1) is 5.95. The van der Waals surface area contributed by atoms with Crippen LogP contribution in [-0.2, 0) is 0 Å². The second-order valence-electron chi connectivity index (χ2n) is 4.46. The van der Waals surface area contributed by atoms with Crippen molar-refractivity contribution in [1.82, 2.24) is 0 Å². The highest BCUT2D eigenvalue weighted by atomic mass is 14.2. The van der Waals surface area contributed by atoms with E-state index in [9.17, 15) is 0 Å². The summed E-state index contributed by atoms with van der Waals surface area (Å²) in [4.78, 5) is 0. The van der Waals surface area contributed by atoms with E-state index in [4.69, 9.17) is 0 Å². The van der Waals surface area contributed by atoms with E-state index in [1.807, 2.05) is 0 Å². The van der Waals surface area contributed by atoms with Crippen LogP contribution in [0.1, 0.15) is 57.8 Å². The summed E-state index contributed by atoms with van der Waals surface area (Å²) in [6.45, 7) is 0. The molecule has 0 heteroatoms. The number of rotatable bonds is 0. The van der Waals surface area contributed by atoms with Gasteiger partial charge in [0.15, 0.2) is 0 Å². The van der Waals surface area contributed by atoms with Gasteiger partial charge in [-0.3, -0.25) is 0 Å². The molecule has 0 radical (unpaired) electrons. The highest BCUT2D eigenvalue weighted by Gasteiger charge is 2.16. The predicted octanol–water partition coefficient (Wildman–Crippen LogP) is 4.07. The maximum absolute atomic E-state index is 2.54. The Labute approximate surface area is 76.1 Å². The van der Waals surface area contributed by atoms with Crippen molar-refractivity contribution in [3.8, 4) is 0 Å². The van der Waals surface area contributed by atoms with Crippen molar-refractivity contribution in [2.45, 2.75) is 57.8 Å². The second kappa shape index (κ2) is 4.11. The Morgan fingerprint density at radius 3 is 2.75 bits per heavy atom. The van der Waals surface area contributed by atoms with E-state index in [0.29, 0.717) is 0 Å². The van der Waals surface area contributed by atoms with Gasteiger partial charge in [0.25, 0.3) is 0 Å². The molecule has 0 N–H and O–H groups in total. The molecule has 0 nitrogen and oxygen atoms in total. The molecule has 1 saturated carbocycles. The molecule has 0 heterocycles. The quantitative estimate of drug-likeness (QED) is 0.473. The number of hydrogen-bond donors (Lipinski definition) is 0. The van der Waals surface area contributed by atoms with E-state index in [1.165, 1.54) is 57.8 Å². The van der Waals surface area contributed by atoms with Crippen molar-refractivity contribution in [3.05, 3.63) is 11.6 Å². The van der Waals surface area contributed by atoms with Crippen LogP contribution in [0.3, 0.4) is 0 Å². The fourth-order valence-electron chi connectivity index (χ4n) is 2.68. The van der Waals surface area contributed by atoms with Gasteiger partial charge in [-0.2, -0.15) is 0 Å². The molecule has 0 saturated heterocycles. The van der Waals surface area contributed by atoms with Gasteiger partial charge in [0, 0.05) is 0 Å². The van der Waals surface area contributed by atoms with Gasteiger partial charge in [-0.05, 0) is 38.0 Å². The first kappa shape index (κ1) is 8.34. The van der Waals surface area contributed by atoms with Crippen molar-refractivity contribution < 1.29 is 0 Å². The minimum Gasteiger partial charge on any atom is -0.0853 e. The first-order valence-electron chi connectivity index (χ1n) is 5.63. The van der Waals surface area contributed by atoms with Crippen molar-refractivity contribution in [3.63, 3.8) is 0 Å². The van der Waals surface area contributed by atoms with Crippen molar-refractivity contribution in [2.24, 2.45) is 5.92 Å². The number of hydrogen-bond acceptors (Lipinski definition) is 0. The molecule has 68 valence electrons. The third-order valence-electron chi connectivity index (χ3n) is 3.41. The molecule has 2 bridgehead atoms. The lowest BCUT2D eigenvalue weighted by Crippen LogP contribution is -2.01. The standard InChI is InChI=1S/C12H20/c1-2-6-11-8-4-5-9-12(10-11)7-3-1/h6,12H,1-5,7-10H2. The van der Waals surface area contributed by atoms with Gasteiger partial charge in [0.1, 0.15) is 0 Å². The summed E-state index contributed by atoms with van der Waals surface area (Å²) in [5.74, 6) is 1.05. The van der Waals surface area contributed by atoms with E-state index in [0.717, 1.165) is 5.92 Å². The molecule has 2 aliphatic rings. The highest BCUT2D eigenvalue weighted by Crippen LogP contribution is 2.32. The summed E-state index contributed by atoms with van der Waals surface area (Å²) in [6, 6.07) is 0. The molecule has 0 aromatic rings. The third kappa shape index (κ3) is 2.12. The maximum Gasteiger partial charge on any atom is -0.0292 e. The van der Waals surface area contributed by atoms with Crippen LogP contribution in [0.15, 0.2) is 11.6 Å². The van der Waals surface area contributed by atoms with Crippen LogP contribution in [0.2, 0.25) is 0 Å². The van der Waals surface area contributed by atoms with Gasteiger partial charge in [-0.15, -0.1) is 0 Å². The molecule has 1 unspecified atom stereocenters. The molecular formula is C12H20. The Morgan fingerprint density at radius 1 is 1.00 bits per heavy atom. The molecule has 0 aromatic carbocycles. The molecule has 1 fully saturated rings. The Hall–Kier alpha value is -0.260. The largest absolute Gasteiger partial charge is 0.0853 e. The van der Waals surface area contributed by atoms with Crippen molar-refractivity contribution in [1.29, 1.82) is 0 Å². The van der Waals surface area contributed by atoms with E-state index in [1.54, 1.807) is 5.57 Å². The summed E-state index contributed by atoms with van der Waals surface area (Å²) < 4.78 is 0. The maximum atomic E-state index is 2.54. The van der Waals surface area contributed by atoms with E-state index < -0.39 is 0 Å². The summed E-state index contributed by atoms with van der Waals surface area (Å²) in [7, 11) is 0. The van der Waals surface area contributed by atoms with E-state index in [2.05, 4.69) is 6.08 Å². The number of allylic oxidation sites excluding steroid dienone is 2. The zero-order valence-electron chi connectivity index (χ0n) is 8.02. The molecule has 2 rings (SSSR count). The van der Waals surface area contributed by atoms with Crippen LogP contribution in [-0.4, -0.2) is 0 Å². The third-order valence-corrected chi connectivity index (χ3v) is 3.41. The molecule has 1 atom stereocenters. The van der Waals surface area contributed by atoms with E-state index >= 15 is 0 Å². The van der Waals surface area contributed by atoms with Crippen LogP contribution in [0, 0.1) is 5.92 Å². The van der Waals surface area contributed by atoms with Crippen LogP contribution < -0.4 is 0 Å². The molecule has 12 heavy (non-hydrogen) atoms. The topological polar surface area (TPSA) is 0 Å². The monoisotopic (exact) mass is 164 g/mol. The van der Waals surface area contributed by atoms with Gasteiger partial charge in [-0.1, -0.05) is 37.3 Å². The van der Waals surface area contributed by atoms with E-state index in [-0.39, 0.29) is 0 Å². The molecule has 0 aliphatic heterocycles. The molecule has 0 amide bonds. The van der Waals surface area contributed by atoms with Gasteiger partial charge in [-0.25, -0.2) is 0 Å². The zero-order chi connectivity index (χ0) is 8.23. The normalized spacial score (nSPS) is 31.3. The molecule has 2 aliphatic carbocycles. The summed E-state index contributed by atoms with van der Waals surface area (Å²) in [5, 5.41) is 0. The number of fused-ring (bicyclic) bond motifs is 2. The minimum atomic E-state index is 1.05. The van der Waals surface area contributed by atoms with Crippen LogP contribution in [0.25, 0.3) is 0 Å². The SMILES string of the molecule is C1=C2CCCCC(CCCC1)C2. The highest BCUT2D eigenvalue weighted by molar-refractivity contribution is 5.05. The molecule has 0 spiro atoms. The van der Waals surface area contributed by atoms with Crippen LogP contribution in [0.4, 0.5) is 0 Å². The lowest BCUT2D eigenvalue weighted by molar-refractivity contribution is 0.424. The minimum absolute atomic E-state index is 1.05. The fraction of sp³-hybridized carbons (Fsp3) is 0.833. The Bertz CT molecular complexity index is 167. The zero-order valence-corrected chi connectivity index (χ0v) is 8.02.